The molecule has 0 aliphatic rings. The fraction of sp³-hybridized carbons (Fsp3) is 0.250. The minimum Gasteiger partial charge on any atom is -0.407 e. The molecule has 0 aliphatic carbocycles. The molecule has 2 aromatic carbocycles. The number of sulfone groups is 2. The van der Waals surface area contributed by atoms with Crippen molar-refractivity contribution in [3.63, 3.8) is 0 Å². The summed E-state index contributed by atoms with van der Waals surface area (Å²) >= 11 is 5.76. The summed E-state index contributed by atoms with van der Waals surface area (Å²) in [6, 6.07) is 12.0. The molecule has 1 heterocycles. The number of amides is 1. The topological polar surface area (TPSA) is 136 Å². The number of carbonyl (C=O) groups excluding carboxylic acids is 1. The predicted molar refractivity (Wildman–Crippen MR) is 118 cm³/mol. The molecule has 0 saturated heterocycles. The zero-order valence-corrected chi connectivity index (χ0v) is 19.4. The minimum atomic E-state index is -3.52. The summed E-state index contributed by atoms with van der Waals surface area (Å²) in [6.07, 6.45) is 1.45. The first-order chi connectivity index (χ1) is 15.0. The van der Waals surface area contributed by atoms with Crippen LogP contribution in [-0.2, 0) is 30.9 Å². The molecular formula is C20H20ClN3O6S2. The monoisotopic (exact) mass is 497 g/mol. The number of hydrogen-bond donors (Lipinski definition) is 1. The molecule has 170 valence electrons. The highest BCUT2D eigenvalue weighted by atomic mass is 35.5. The van der Waals surface area contributed by atoms with E-state index in [9.17, 15) is 21.6 Å². The van der Waals surface area contributed by atoms with E-state index < -0.39 is 25.6 Å². The first kappa shape index (κ1) is 23.9. The van der Waals surface area contributed by atoms with E-state index in [1.807, 2.05) is 0 Å². The van der Waals surface area contributed by atoms with Gasteiger partial charge < -0.3 is 4.42 Å². The van der Waals surface area contributed by atoms with Gasteiger partial charge in [-0.2, -0.15) is 0 Å². The molecule has 0 saturated carbocycles. The lowest BCUT2D eigenvalue weighted by molar-refractivity contribution is -0.116. The van der Waals surface area contributed by atoms with Crippen LogP contribution in [0.3, 0.4) is 0 Å². The van der Waals surface area contributed by atoms with Gasteiger partial charge in [-0.1, -0.05) is 28.8 Å². The van der Waals surface area contributed by atoms with Crippen LogP contribution < -0.4 is 5.32 Å². The maximum Gasteiger partial charge on any atom is 0.322 e. The van der Waals surface area contributed by atoms with Crippen molar-refractivity contribution in [2.24, 2.45) is 0 Å². The second kappa shape index (κ2) is 9.80. The molecular weight excluding hydrogens is 478 g/mol. The Labute approximate surface area is 190 Å². The quantitative estimate of drug-likeness (QED) is 0.476. The zero-order chi connectivity index (χ0) is 23.4. The smallest absolute Gasteiger partial charge is 0.322 e. The van der Waals surface area contributed by atoms with Crippen LogP contribution in [0.2, 0.25) is 5.02 Å². The summed E-state index contributed by atoms with van der Waals surface area (Å²) in [5, 5.41) is 10.5. The molecule has 0 unspecified atom stereocenters. The van der Waals surface area contributed by atoms with E-state index in [1.54, 1.807) is 12.1 Å². The van der Waals surface area contributed by atoms with E-state index in [-0.39, 0.29) is 46.7 Å². The lowest BCUT2D eigenvalue weighted by atomic mass is 10.1. The Balaban J connectivity index is 1.49. The van der Waals surface area contributed by atoms with Gasteiger partial charge in [0, 0.05) is 17.7 Å². The molecule has 3 aromatic rings. The molecule has 0 bridgehead atoms. The normalized spacial score (nSPS) is 11.9. The summed E-state index contributed by atoms with van der Waals surface area (Å²) in [6.45, 7) is 0. The second-order valence-electron chi connectivity index (χ2n) is 7.02. The number of halogens is 1. The number of anilines is 1. The molecule has 0 fully saturated rings. The summed E-state index contributed by atoms with van der Waals surface area (Å²) in [4.78, 5) is 12.4. The number of aromatic nitrogens is 2. The van der Waals surface area contributed by atoms with E-state index in [4.69, 9.17) is 16.0 Å². The van der Waals surface area contributed by atoms with Crippen LogP contribution in [0.5, 0.6) is 0 Å². The highest BCUT2D eigenvalue weighted by molar-refractivity contribution is 7.91. The van der Waals surface area contributed by atoms with Gasteiger partial charge in [0.15, 0.2) is 19.7 Å². The third-order valence-electron chi connectivity index (χ3n) is 4.41. The Kier molecular flexibility index (Phi) is 7.32. The van der Waals surface area contributed by atoms with Crippen molar-refractivity contribution in [3.8, 4) is 0 Å². The fourth-order valence-electron chi connectivity index (χ4n) is 2.77. The van der Waals surface area contributed by atoms with Gasteiger partial charge in [-0.15, -0.1) is 5.10 Å². The molecule has 12 heteroatoms. The van der Waals surface area contributed by atoms with Crippen molar-refractivity contribution in [1.82, 2.24) is 10.2 Å². The highest BCUT2D eigenvalue weighted by Gasteiger charge is 2.16. The Morgan fingerprint density at radius 2 is 1.59 bits per heavy atom. The first-order valence-electron chi connectivity index (χ1n) is 9.42. The third kappa shape index (κ3) is 6.62. The van der Waals surface area contributed by atoms with E-state index in [0.29, 0.717) is 5.02 Å². The van der Waals surface area contributed by atoms with Gasteiger partial charge in [-0.05, 0) is 48.4 Å². The third-order valence-corrected chi connectivity index (χ3v) is 7.61. The van der Waals surface area contributed by atoms with Crippen molar-refractivity contribution in [2.75, 3.05) is 17.3 Å². The number of hydrogen-bond acceptors (Lipinski definition) is 8. The number of nitrogens with one attached hydrogen (secondary N) is 1. The highest BCUT2D eigenvalue weighted by Crippen LogP contribution is 2.17. The summed E-state index contributed by atoms with van der Waals surface area (Å²) < 4.78 is 53.0. The molecule has 0 radical (unpaired) electrons. The number of benzene rings is 2. The Hall–Kier alpha value is -2.76. The molecule has 0 atom stereocenters. The molecule has 3 rings (SSSR count). The first-order valence-corrected chi connectivity index (χ1v) is 13.3. The molecule has 1 aromatic heterocycles. The lowest BCUT2D eigenvalue weighted by Gasteiger charge is -2.04. The van der Waals surface area contributed by atoms with Gasteiger partial charge in [0.25, 0.3) is 0 Å². The van der Waals surface area contributed by atoms with Gasteiger partial charge >= 0.3 is 6.01 Å². The van der Waals surface area contributed by atoms with Gasteiger partial charge in [-0.3, -0.25) is 10.1 Å². The average Bonchev–Trinajstić information content (AvgIpc) is 3.14. The van der Waals surface area contributed by atoms with E-state index in [2.05, 4.69) is 15.5 Å². The van der Waals surface area contributed by atoms with E-state index >= 15 is 0 Å². The molecule has 9 nitrogen and oxygen atoms in total. The van der Waals surface area contributed by atoms with Crippen molar-refractivity contribution in [1.29, 1.82) is 0 Å². The van der Waals surface area contributed by atoms with E-state index in [0.717, 1.165) is 11.8 Å². The SMILES string of the molecule is CS(=O)(=O)c1ccc(Cc2nnc(NC(=O)CCCS(=O)(=O)c3ccc(Cl)cc3)o2)cc1. The number of rotatable bonds is 9. The van der Waals surface area contributed by atoms with Crippen molar-refractivity contribution < 1.29 is 26.0 Å². The summed E-state index contributed by atoms with van der Waals surface area (Å²) in [5.74, 6) is -0.414. The van der Waals surface area contributed by atoms with Crippen LogP contribution in [0.25, 0.3) is 0 Å². The van der Waals surface area contributed by atoms with Crippen LogP contribution >= 0.6 is 11.6 Å². The van der Waals surface area contributed by atoms with Crippen molar-refractivity contribution in [3.05, 3.63) is 65.0 Å². The summed E-state index contributed by atoms with van der Waals surface area (Å²) in [7, 11) is -6.79. The van der Waals surface area contributed by atoms with Crippen LogP contribution in [0.15, 0.2) is 62.7 Å². The standard InChI is InChI=1S/C20H20ClN3O6S2/c1-31(26,27)16-8-4-14(5-9-16)13-19-23-24-20(30-19)22-18(25)3-2-12-32(28,29)17-10-6-15(21)7-11-17/h4-11H,2-3,12-13H2,1H3,(H,22,24,25). The predicted octanol–water partition coefficient (Wildman–Crippen LogP) is 2.91. The lowest BCUT2D eigenvalue weighted by Crippen LogP contribution is -2.14. The maximum atomic E-state index is 12.3. The molecule has 0 aliphatic heterocycles. The molecule has 1 amide bonds. The minimum absolute atomic E-state index is 0.0442. The van der Waals surface area contributed by atoms with Gasteiger partial charge in [0.05, 0.1) is 22.0 Å². The Morgan fingerprint density at radius 3 is 2.22 bits per heavy atom. The molecule has 1 N–H and O–H groups in total. The van der Waals surface area contributed by atoms with Crippen LogP contribution in [0.4, 0.5) is 6.01 Å². The van der Waals surface area contributed by atoms with Crippen molar-refractivity contribution >= 4 is 43.2 Å². The average molecular weight is 498 g/mol. The number of carbonyl (C=O) groups is 1. The number of nitrogens with zero attached hydrogens (tertiary/aromatic N) is 2. The zero-order valence-electron chi connectivity index (χ0n) is 17.0. The van der Waals surface area contributed by atoms with Crippen LogP contribution in [0, 0.1) is 0 Å². The largest absolute Gasteiger partial charge is 0.407 e. The molecule has 32 heavy (non-hydrogen) atoms. The van der Waals surface area contributed by atoms with Crippen LogP contribution in [0.1, 0.15) is 24.3 Å². The Morgan fingerprint density at radius 1 is 0.969 bits per heavy atom. The fourth-order valence-corrected chi connectivity index (χ4v) is 4.84. The second-order valence-corrected chi connectivity index (χ2v) is 11.6. The molecule has 0 spiro atoms. The summed E-state index contributed by atoms with van der Waals surface area (Å²) in [5.41, 5.74) is 0.756. The van der Waals surface area contributed by atoms with Crippen LogP contribution in [-0.4, -0.2) is 44.9 Å². The van der Waals surface area contributed by atoms with Gasteiger partial charge in [0.2, 0.25) is 11.8 Å². The maximum absolute atomic E-state index is 12.3. The van der Waals surface area contributed by atoms with E-state index in [1.165, 1.54) is 36.4 Å². The van der Waals surface area contributed by atoms with Gasteiger partial charge in [0.1, 0.15) is 0 Å². The Bertz CT molecular complexity index is 1300. The van der Waals surface area contributed by atoms with Gasteiger partial charge in [-0.25, -0.2) is 16.8 Å². The van der Waals surface area contributed by atoms with Crippen molar-refractivity contribution in [2.45, 2.75) is 29.1 Å².